The summed E-state index contributed by atoms with van der Waals surface area (Å²) in [6.07, 6.45) is 55.1. The molecule has 14 heteroatoms. The third-order valence-electron chi connectivity index (χ3n) is 17.6. The summed E-state index contributed by atoms with van der Waals surface area (Å²) in [5, 5.41) is 87.3. The lowest BCUT2D eigenvalue weighted by Gasteiger charge is -2.46. The number of aliphatic hydroxyl groups excluding tert-OH is 8. The first-order valence-electron chi connectivity index (χ1n) is 35.7. The Bertz CT molecular complexity index is 1560. The van der Waals surface area contributed by atoms with E-state index in [1.165, 1.54) is 238 Å². The second-order valence-electron chi connectivity index (χ2n) is 25.4. The molecule has 0 bridgehead atoms. The molecule has 0 aromatic carbocycles. The maximum absolute atomic E-state index is 13.3. The highest BCUT2D eigenvalue weighted by molar-refractivity contribution is 5.76. The number of nitrogens with one attached hydrogen (secondary N) is 1. The highest BCUT2D eigenvalue weighted by Gasteiger charge is 2.51. The summed E-state index contributed by atoms with van der Waals surface area (Å²) < 4.78 is 22.8. The molecule has 9 N–H and O–H groups in total. The lowest BCUT2D eigenvalue weighted by Crippen LogP contribution is -2.65. The number of carbonyl (C=O) groups is 1. The van der Waals surface area contributed by atoms with Crippen LogP contribution in [0.4, 0.5) is 0 Å². The van der Waals surface area contributed by atoms with Gasteiger partial charge < -0.3 is 65.1 Å². The fourth-order valence-corrected chi connectivity index (χ4v) is 11.9. The molecule has 0 aliphatic carbocycles. The molecule has 1 amide bonds. The first-order chi connectivity index (χ1) is 41.6. The third kappa shape index (κ3) is 40.5. The molecule has 0 saturated carbocycles. The Morgan fingerprint density at radius 2 is 0.753 bits per heavy atom. The lowest BCUT2D eigenvalue weighted by atomic mass is 9.97. The quantitative estimate of drug-likeness (QED) is 0.0204. The van der Waals surface area contributed by atoms with Crippen LogP contribution in [-0.2, 0) is 23.7 Å². The lowest BCUT2D eigenvalue weighted by molar-refractivity contribution is -0.359. The minimum absolute atomic E-state index is 0.247. The number of rotatable bonds is 59. The van der Waals surface area contributed by atoms with Crippen molar-refractivity contribution >= 4 is 5.91 Å². The van der Waals surface area contributed by atoms with Gasteiger partial charge >= 0.3 is 0 Å². The molecule has 12 atom stereocenters. The Morgan fingerprint density at radius 1 is 0.412 bits per heavy atom. The van der Waals surface area contributed by atoms with E-state index in [0.717, 1.165) is 44.9 Å². The van der Waals surface area contributed by atoms with Crippen LogP contribution in [0.5, 0.6) is 0 Å². The summed E-state index contributed by atoms with van der Waals surface area (Å²) in [4.78, 5) is 13.3. The van der Waals surface area contributed by atoms with Crippen LogP contribution < -0.4 is 5.32 Å². The van der Waals surface area contributed by atoms with E-state index in [0.29, 0.717) is 12.8 Å². The van der Waals surface area contributed by atoms with Gasteiger partial charge in [-0.15, -0.1) is 0 Å². The molecule has 12 unspecified atom stereocenters. The van der Waals surface area contributed by atoms with Crippen molar-refractivity contribution in [3.63, 3.8) is 0 Å². The monoisotopic (exact) mass is 1210 g/mol. The summed E-state index contributed by atoms with van der Waals surface area (Å²) >= 11 is 0. The predicted molar refractivity (Wildman–Crippen MR) is 346 cm³/mol. The van der Waals surface area contributed by atoms with E-state index in [1.54, 1.807) is 6.08 Å². The number of hydrogen-bond acceptors (Lipinski definition) is 13. The van der Waals surface area contributed by atoms with E-state index in [2.05, 4.69) is 43.5 Å². The van der Waals surface area contributed by atoms with Crippen LogP contribution in [0.15, 0.2) is 36.5 Å². The van der Waals surface area contributed by atoms with Crippen molar-refractivity contribution < 1.29 is 64.6 Å². The van der Waals surface area contributed by atoms with Crippen LogP contribution in [0.1, 0.15) is 316 Å². The molecule has 0 radical (unpaired) electrons. The van der Waals surface area contributed by atoms with Crippen molar-refractivity contribution in [3.05, 3.63) is 36.5 Å². The standard InChI is InChI=1S/C71H133NO13/c1-3-5-7-9-11-13-15-17-19-21-22-23-24-25-26-27-28-29-30-31-32-33-34-35-36-37-39-41-43-45-47-49-51-53-55-63(76)72-59(60(75)54-52-50-48-46-44-42-40-38-20-18-16-14-12-10-8-6-4-2)58-82-70-68(81)66(79)69(62(57-74)84-70)85-71-67(80)65(78)64(77)61(56-73)83-71/h20,38,44,46,52,54,59-62,64-71,73-75,77-81H,3-19,21-37,39-43,45,47-51,53,55-58H2,1-2H3,(H,72,76)/b38-20+,46-44+,54-52+. The molecule has 500 valence electrons. The molecule has 2 aliphatic heterocycles. The molecule has 14 nitrogen and oxygen atoms in total. The maximum Gasteiger partial charge on any atom is 0.220 e. The minimum Gasteiger partial charge on any atom is -0.394 e. The van der Waals surface area contributed by atoms with Crippen LogP contribution in [0.3, 0.4) is 0 Å². The summed E-state index contributed by atoms with van der Waals surface area (Å²) in [5.41, 5.74) is 0. The van der Waals surface area contributed by atoms with Gasteiger partial charge in [-0.05, 0) is 44.9 Å². The zero-order valence-corrected chi connectivity index (χ0v) is 54.4. The summed E-state index contributed by atoms with van der Waals surface area (Å²) in [6.45, 7) is 2.81. The highest BCUT2D eigenvalue weighted by atomic mass is 16.7. The molecule has 0 aromatic heterocycles. The molecular formula is C71H133NO13. The molecule has 2 aliphatic rings. The van der Waals surface area contributed by atoms with Crippen LogP contribution in [0, 0.1) is 0 Å². The second kappa shape index (κ2) is 56.2. The zero-order valence-electron chi connectivity index (χ0n) is 54.4. The maximum atomic E-state index is 13.3. The van der Waals surface area contributed by atoms with Gasteiger partial charge in [-0.25, -0.2) is 0 Å². The van der Waals surface area contributed by atoms with Crippen molar-refractivity contribution in [2.24, 2.45) is 0 Å². The molecule has 2 heterocycles. The number of ether oxygens (including phenoxy) is 4. The average Bonchev–Trinajstić information content (AvgIpc) is 3.69. The van der Waals surface area contributed by atoms with Gasteiger partial charge in [0.15, 0.2) is 12.6 Å². The van der Waals surface area contributed by atoms with Gasteiger partial charge in [0, 0.05) is 6.42 Å². The van der Waals surface area contributed by atoms with Crippen molar-refractivity contribution in [1.82, 2.24) is 5.32 Å². The molecule has 0 aromatic rings. The molecule has 2 rings (SSSR count). The van der Waals surface area contributed by atoms with Gasteiger partial charge in [0.1, 0.15) is 48.8 Å². The Balaban J connectivity index is 1.62. The van der Waals surface area contributed by atoms with E-state index in [-0.39, 0.29) is 18.9 Å². The van der Waals surface area contributed by atoms with Crippen molar-refractivity contribution in [2.75, 3.05) is 19.8 Å². The van der Waals surface area contributed by atoms with E-state index in [1.807, 2.05) is 6.08 Å². The van der Waals surface area contributed by atoms with Crippen molar-refractivity contribution in [2.45, 2.75) is 389 Å². The highest BCUT2D eigenvalue weighted by Crippen LogP contribution is 2.30. The van der Waals surface area contributed by atoms with Gasteiger partial charge in [0.25, 0.3) is 0 Å². The zero-order chi connectivity index (χ0) is 61.6. The molecule has 85 heavy (non-hydrogen) atoms. The van der Waals surface area contributed by atoms with Crippen LogP contribution >= 0.6 is 0 Å². The van der Waals surface area contributed by atoms with Crippen LogP contribution in [0.25, 0.3) is 0 Å². The Hall–Kier alpha value is -1.79. The Morgan fingerprint density at radius 3 is 1.15 bits per heavy atom. The summed E-state index contributed by atoms with van der Waals surface area (Å²) in [5.74, 6) is -0.247. The first-order valence-corrected chi connectivity index (χ1v) is 35.7. The number of aliphatic hydroxyl groups is 8. The SMILES string of the molecule is CCCCCCCCC/C=C/CC/C=C/CC/C=C/C(O)C(COC1OC(CO)C(OC2OC(CO)C(O)C(O)C2O)C(O)C1O)NC(=O)CCCCCCCCCCCCCCCCCCCCCCCCCCCCCCCCCCCC. The Kier molecular flexibility index (Phi) is 52.4. The molecule has 0 spiro atoms. The number of unbranched alkanes of at least 4 members (excludes halogenated alkanes) is 42. The van der Waals surface area contributed by atoms with E-state index in [9.17, 15) is 45.6 Å². The largest absolute Gasteiger partial charge is 0.394 e. The average molecular weight is 1210 g/mol. The number of hydrogen-bond donors (Lipinski definition) is 9. The minimum atomic E-state index is -1.79. The van der Waals surface area contributed by atoms with E-state index >= 15 is 0 Å². The number of carbonyl (C=O) groups excluding carboxylic acids is 1. The predicted octanol–water partition coefficient (Wildman–Crippen LogP) is 14.5. The van der Waals surface area contributed by atoms with Gasteiger partial charge in [-0.3, -0.25) is 4.79 Å². The smallest absolute Gasteiger partial charge is 0.220 e. The summed E-state index contributed by atoms with van der Waals surface area (Å²) in [7, 11) is 0. The second-order valence-corrected chi connectivity index (χ2v) is 25.4. The number of amides is 1. The van der Waals surface area contributed by atoms with Crippen LogP contribution in [0.2, 0.25) is 0 Å². The van der Waals surface area contributed by atoms with Crippen LogP contribution in [-0.4, -0.2) is 140 Å². The molecule has 2 saturated heterocycles. The third-order valence-corrected chi connectivity index (χ3v) is 17.6. The van der Waals surface area contributed by atoms with Crippen molar-refractivity contribution in [1.29, 1.82) is 0 Å². The summed E-state index contributed by atoms with van der Waals surface area (Å²) in [6, 6.07) is -0.936. The topological polar surface area (TPSA) is 228 Å². The fraction of sp³-hybridized carbons (Fsp3) is 0.901. The van der Waals surface area contributed by atoms with E-state index < -0.39 is 86.8 Å². The van der Waals surface area contributed by atoms with Gasteiger partial charge in [0.05, 0.1) is 32.0 Å². The first kappa shape index (κ1) is 79.3. The normalized spacial score (nSPS) is 23.7. The van der Waals surface area contributed by atoms with E-state index in [4.69, 9.17) is 18.9 Å². The number of allylic oxidation sites excluding steroid dienone is 5. The van der Waals surface area contributed by atoms with Crippen molar-refractivity contribution in [3.8, 4) is 0 Å². The fourth-order valence-electron chi connectivity index (χ4n) is 11.9. The van der Waals surface area contributed by atoms with Gasteiger partial charge in [-0.2, -0.15) is 0 Å². The Labute approximate surface area is 519 Å². The van der Waals surface area contributed by atoms with Gasteiger partial charge in [0.2, 0.25) is 5.91 Å². The molecular weight excluding hydrogens is 1070 g/mol. The molecule has 2 fully saturated rings. The van der Waals surface area contributed by atoms with Gasteiger partial charge in [-0.1, -0.05) is 301 Å².